The van der Waals surface area contributed by atoms with Crippen molar-refractivity contribution in [2.24, 2.45) is 10.9 Å². The average Bonchev–Trinajstić information content (AvgIpc) is 3.47. The average molecular weight is 584 g/mol. The Morgan fingerprint density at radius 3 is 2.59 bits per heavy atom. The second-order valence-corrected chi connectivity index (χ2v) is 11.4. The number of aryl methyl sites for hydroxylation is 1. The number of ether oxygens (including phenoxy) is 2. The lowest BCUT2D eigenvalue weighted by Crippen LogP contribution is -2.29. The van der Waals surface area contributed by atoms with Crippen molar-refractivity contribution in [1.82, 2.24) is 0 Å². The van der Waals surface area contributed by atoms with Crippen LogP contribution in [-0.2, 0) is 6.61 Å². The number of anilines is 1. The molecule has 0 unspecified atom stereocenters. The molecule has 208 valence electrons. The van der Waals surface area contributed by atoms with Crippen LogP contribution >= 0.6 is 23.2 Å². The van der Waals surface area contributed by atoms with Crippen molar-refractivity contribution in [2.45, 2.75) is 38.8 Å². The minimum atomic E-state index is 0.258. The van der Waals surface area contributed by atoms with Crippen molar-refractivity contribution in [1.29, 1.82) is 0 Å². The van der Waals surface area contributed by atoms with Gasteiger partial charge in [-0.2, -0.15) is 0 Å². The van der Waals surface area contributed by atoms with Crippen LogP contribution in [0.25, 0.3) is 0 Å². The van der Waals surface area contributed by atoms with Crippen molar-refractivity contribution in [3.63, 3.8) is 0 Å². The highest BCUT2D eigenvalue weighted by Crippen LogP contribution is 2.50. The number of nitrogens with one attached hydrogen (secondary N) is 1. The van der Waals surface area contributed by atoms with Gasteiger partial charge >= 0.3 is 0 Å². The van der Waals surface area contributed by atoms with Gasteiger partial charge < -0.3 is 14.8 Å². The minimum absolute atomic E-state index is 0.258. The number of fused-ring (bicyclic) bond motifs is 3. The zero-order valence-corrected chi connectivity index (χ0v) is 24.6. The molecule has 0 saturated heterocycles. The third-order valence-corrected chi connectivity index (χ3v) is 8.44. The van der Waals surface area contributed by atoms with Gasteiger partial charge in [0, 0.05) is 28.4 Å². The van der Waals surface area contributed by atoms with Crippen LogP contribution in [0.3, 0.4) is 0 Å². The molecule has 0 radical (unpaired) electrons. The highest BCUT2D eigenvalue weighted by Gasteiger charge is 2.37. The molecule has 0 aromatic heterocycles. The summed E-state index contributed by atoms with van der Waals surface area (Å²) in [5.41, 5.74) is 7.80. The Morgan fingerprint density at radius 1 is 0.951 bits per heavy atom. The Bertz CT molecular complexity index is 1610. The molecule has 1 aliphatic heterocycles. The van der Waals surface area contributed by atoms with E-state index in [0.29, 0.717) is 40.0 Å². The second-order valence-electron chi connectivity index (χ2n) is 10.6. The Hall–Kier alpha value is -3.73. The van der Waals surface area contributed by atoms with E-state index in [0.717, 1.165) is 23.2 Å². The van der Waals surface area contributed by atoms with Crippen LogP contribution in [0.2, 0.25) is 10.0 Å². The monoisotopic (exact) mass is 582 g/mol. The molecule has 2 aliphatic rings. The molecule has 1 aliphatic carbocycles. The molecule has 1 N–H and O–H groups in total. The number of halogens is 2. The molecular weight excluding hydrogens is 551 g/mol. The highest BCUT2D eigenvalue weighted by molar-refractivity contribution is 6.32. The SMILES string of the molecule is CCOc1cc(C=Nc2ccc([C@@H]3Nc4ccc(C)cc4[C@@H]4C=CC[C@H]43)cc2)cc(Cl)c1OCc1ccccc1Cl. The van der Waals surface area contributed by atoms with Gasteiger partial charge in [-0.25, -0.2) is 0 Å². The zero-order valence-electron chi connectivity index (χ0n) is 23.1. The van der Waals surface area contributed by atoms with Gasteiger partial charge in [0.15, 0.2) is 11.5 Å². The summed E-state index contributed by atoms with van der Waals surface area (Å²) in [6.45, 7) is 4.86. The summed E-state index contributed by atoms with van der Waals surface area (Å²) in [4.78, 5) is 4.72. The molecule has 41 heavy (non-hydrogen) atoms. The molecule has 4 nitrogen and oxygen atoms in total. The molecule has 6 heteroatoms. The maximum atomic E-state index is 6.64. The maximum absolute atomic E-state index is 6.64. The van der Waals surface area contributed by atoms with Crippen molar-refractivity contribution in [3.05, 3.63) is 129 Å². The van der Waals surface area contributed by atoms with E-state index in [9.17, 15) is 0 Å². The zero-order chi connectivity index (χ0) is 28.3. The molecule has 0 spiro atoms. The Kier molecular flexibility index (Phi) is 8.04. The molecule has 1 heterocycles. The molecule has 0 saturated carbocycles. The van der Waals surface area contributed by atoms with Gasteiger partial charge in [0.2, 0.25) is 0 Å². The van der Waals surface area contributed by atoms with Gasteiger partial charge in [0.25, 0.3) is 0 Å². The van der Waals surface area contributed by atoms with Crippen LogP contribution in [0.5, 0.6) is 11.5 Å². The predicted octanol–water partition coefficient (Wildman–Crippen LogP) is 9.86. The first-order chi connectivity index (χ1) is 20.0. The van der Waals surface area contributed by atoms with Crippen molar-refractivity contribution in [2.75, 3.05) is 11.9 Å². The van der Waals surface area contributed by atoms with E-state index in [4.69, 9.17) is 37.7 Å². The Labute approximate surface area is 251 Å². The largest absolute Gasteiger partial charge is 0.490 e. The smallest absolute Gasteiger partial charge is 0.180 e. The van der Waals surface area contributed by atoms with Crippen molar-refractivity contribution in [3.8, 4) is 11.5 Å². The van der Waals surface area contributed by atoms with E-state index < -0.39 is 0 Å². The first kappa shape index (κ1) is 27.4. The molecule has 6 rings (SSSR count). The Morgan fingerprint density at radius 2 is 1.78 bits per heavy atom. The number of rotatable bonds is 8. The second kappa shape index (κ2) is 12.0. The summed E-state index contributed by atoms with van der Waals surface area (Å²) < 4.78 is 11.9. The molecule has 4 aromatic carbocycles. The summed E-state index contributed by atoms with van der Waals surface area (Å²) in [5, 5.41) is 4.92. The molecule has 0 bridgehead atoms. The number of benzene rings is 4. The number of hydrogen-bond donors (Lipinski definition) is 1. The molecule has 4 aromatic rings. The first-order valence-corrected chi connectivity index (χ1v) is 14.8. The van der Waals surface area contributed by atoms with E-state index >= 15 is 0 Å². The highest BCUT2D eigenvalue weighted by atomic mass is 35.5. The summed E-state index contributed by atoms with van der Waals surface area (Å²) in [7, 11) is 0. The summed E-state index contributed by atoms with van der Waals surface area (Å²) in [6, 6.07) is 26.8. The summed E-state index contributed by atoms with van der Waals surface area (Å²) in [6.07, 6.45) is 7.59. The van der Waals surface area contributed by atoms with Crippen LogP contribution in [0.15, 0.2) is 96.0 Å². The van der Waals surface area contributed by atoms with Crippen LogP contribution in [0.4, 0.5) is 11.4 Å². The van der Waals surface area contributed by atoms with Crippen LogP contribution in [0, 0.1) is 12.8 Å². The maximum Gasteiger partial charge on any atom is 0.180 e. The fourth-order valence-electron chi connectivity index (χ4n) is 5.79. The number of hydrogen-bond acceptors (Lipinski definition) is 4. The summed E-state index contributed by atoms with van der Waals surface area (Å²) in [5.74, 6) is 2.03. The lowest BCUT2D eigenvalue weighted by atomic mass is 9.76. The van der Waals surface area contributed by atoms with Gasteiger partial charge in [-0.05, 0) is 79.3 Å². The van der Waals surface area contributed by atoms with Crippen LogP contribution in [0.1, 0.15) is 53.1 Å². The Balaban J connectivity index is 1.18. The normalized spacial score (nSPS) is 19.1. The standard InChI is InChI=1S/C35H32Cl2N2O2/c1-3-40-33-19-23(18-31(37)35(33)41-21-25-7-4-5-10-30(25)36)20-38-26-14-12-24(13-15-26)34-28-9-6-8-27(28)29-17-22(2)11-16-32(29)39-34/h4-8,10-20,27-28,34,39H,3,9,21H2,1-2H3/t27-,28-,34+/m1/s1. The van der Waals surface area contributed by atoms with E-state index in [-0.39, 0.29) is 12.6 Å². The quantitative estimate of drug-likeness (QED) is 0.166. The van der Waals surface area contributed by atoms with Gasteiger partial charge in [-0.15, -0.1) is 0 Å². The van der Waals surface area contributed by atoms with Crippen molar-refractivity contribution >= 4 is 40.8 Å². The third-order valence-electron chi connectivity index (χ3n) is 7.79. The van der Waals surface area contributed by atoms with Crippen LogP contribution < -0.4 is 14.8 Å². The fraction of sp³-hybridized carbons (Fsp3) is 0.229. The minimum Gasteiger partial charge on any atom is -0.490 e. The number of aliphatic imine (C=N–C) groups is 1. The molecule has 0 fully saturated rings. The molecular formula is C35H32Cl2N2O2. The van der Waals surface area contributed by atoms with Crippen LogP contribution in [-0.4, -0.2) is 12.8 Å². The fourth-order valence-corrected chi connectivity index (χ4v) is 6.26. The van der Waals surface area contributed by atoms with Gasteiger partial charge in [0.1, 0.15) is 6.61 Å². The first-order valence-electron chi connectivity index (χ1n) is 14.0. The lowest BCUT2D eigenvalue weighted by molar-refractivity contribution is 0.269. The van der Waals surface area contributed by atoms with Gasteiger partial charge in [-0.1, -0.05) is 83.4 Å². The van der Waals surface area contributed by atoms with Crippen molar-refractivity contribution < 1.29 is 9.47 Å². The van der Waals surface area contributed by atoms with E-state index in [1.807, 2.05) is 43.3 Å². The van der Waals surface area contributed by atoms with E-state index in [2.05, 4.69) is 66.9 Å². The topological polar surface area (TPSA) is 42.8 Å². The molecule has 0 amide bonds. The molecule has 3 atom stereocenters. The lowest BCUT2D eigenvalue weighted by Gasteiger charge is -2.37. The number of nitrogens with zero attached hydrogens (tertiary/aromatic N) is 1. The van der Waals surface area contributed by atoms with Gasteiger partial charge in [-0.3, -0.25) is 4.99 Å². The van der Waals surface area contributed by atoms with E-state index in [1.165, 1.54) is 22.4 Å². The van der Waals surface area contributed by atoms with E-state index in [1.54, 1.807) is 6.21 Å². The predicted molar refractivity (Wildman–Crippen MR) is 170 cm³/mol. The third kappa shape index (κ3) is 5.86. The van der Waals surface area contributed by atoms with Gasteiger partial charge in [0.05, 0.1) is 23.4 Å². The number of allylic oxidation sites excluding steroid dienone is 2. The summed E-state index contributed by atoms with van der Waals surface area (Å²) >= 11 is 12.9.